The van der Waals surface area contributed by atoms with E-state index in [0.29, 0.717) is 35.9 Å². The van der Waals surface area contributed by atoms with Gasteiger partial charge in [-0.05, 0) is 43.2 Å². The summed E-state index contributed by atoms with van der Waals surface area (Å²) < 4.78 is 65.5. The lowest BCUT2D eigenvalue weighted by molar-refractivity contribution is -0.137. The molecule has 0 unspecified atom stereocenters. The fraction of sp³-hybridized carbons (Fsp3) is 0.381. The molecule has 1 saturated carbocycles. The third-order valence-corrected chi connectivity index (χ3v) is 7.85. The van der Waals surface area contributed by atoms with E-state index in [9.17, 15) is 21.6 Å². The van der Waals surface area contributed by atoms with Crippen LogP contribution in [0, 0.1) is 0 Å². The summed E-state index contributed by atoms with van der Waals surface area (Å²) in [5, 5.41) is 0. The largest absolute Gasteiger partial charge is 0.416 e. The molecular formula is C21H21F3N6O2S. The van der Waals surface area contributed by atoms with Gasteiger partial charge in [-0.2, -0.15) is 17.5 Å². The van der Waals surface area contributed by atoms with Crippen molar-refractivity contribution in [3.8, 4) is 0 Å². The average molecular weight is 479 g/mol. The lowest BCUT2D eigenvalue weighted by Gasteiger charge is -2.35. The van der Waals surface area contributed by atoms with E-state index in [0.717, 1.165) is 42.8 Å². The number of nitrogens with zero attached hydrogens (tertiary/aromatic N) is 5. The molecule has 0 atom stereocenters. The topological polar surface area (TPSA) is 105 Å². The first kappa shape index (κ1) is 21.8. The summed E-state index contributed by atoms with van der Waals surface area (Å²) in [5.41, 5.74) is 7.57. The van der Waals surface area contributed by atoms with E-state index in [4.69, 9.17) is 10.7 Å². The van der Waals surface area contributed by atoms with Gasteiger partial charge in [-0.1, -0.05) is 0 Å². The molecule has 174 valence electrons. The maximum absolute atomic E-state index is 12.9. The van der Waals surface area contributed by atoms with Crippen LogP contribution in [-0.4, -0.2) is 53.9 Å². The predicted octanol–water partition coefficient (Wildman–Crippen LogP) is 3.01. The minimum absolute atomic E-state index is 0.144. The fourth-order valence-corrected chi connectivity index (χ4v) is 5.42. The van der Waals surface area contributed by atoms with E-state index in [-0.39, 0.29) is 23.8 Å². The van der Waals surface area contributed by atoms with Crippen LogP contribution in [0.2, 0.25) is 0 Å². The lowest BCUT2D eigenvalue weighted by atomic mass is 10.2. The van der Waals surface area contributed by atoms with Gasteiger partial charge in [0.05, 0.1) is 21.7 Å². The number of pyridine rings is 1. The highest BCUT2D eigenvalue weighted by molar-refractivity contribution is 7.89. The van der Waals surface area contributed by atoms with Crippen LogP contribution >= 0.6 is 0 Å². The summed E-state index contributed by atoms with van der Waals surface area (Å²) in [4.78, 5) is 15.4. The summed E-state index contributed by atoms with van der Waals surface area (Å²) in [6.07, 6.45) is -0.694. The minimum atomic E-state index is -4.52. The Kier molecular flexibility index (Phi) is 5.16. The quantitative estimate of drug-likeness (QED) is 0.615. The van der Waals surface area contributed by atoms with Crippen molar-refractivity contribution < 1.29 is 21.6 Å². The standard InChI is InChI=1S/C21H21F3N6O2S/c22-21(23,24)14-3-5-15(6-4-14)33(31,32)30-11-9-29(10-12-30)20-19(25)27-16-7-8-26-17(13-1-2-13)18(16)28-20/h3-8,13H,1-2,9-12H2,(H2,25,27). The number of nitrogen functional groups attached to an aromatic ring is 1. The number of hydrogen-bond donors (Lipinski definition) is 1. The second-order valence-electron chi connectivity index (χ2n) is 8.18. The second-order valence-corrected chi connectivity index (χ2v) is 10.1. The summed E-state index contributed by atoms with van der Waals surface area (Å²) in [6, 6.07) is 5.30. The predicted molar refractivity (Wildman–Crippen MR) is 116 cm³/mol. The molecule has 1 aliphatic heterocycles. The Balaban J connectivity index is 1.35. The van der Waals surface area contributed by atoms with Crippen molar-refractivity contribution in [1.29, 1.82) is 0 Å². The molecule has 2 aromatic heterocycles. The van der Waals surface area contributed by atoms with Crippen molar-refractivity contribution in [1.82, 2.24) is 19.3 Å². The van der Waals surface area contributed by atoms with E-state index in [1.54, 1.807) is 12.3 Å². The van der Waals surface area contributed by atoms with E-state index >= 15 is 0 Å². The molecule has 0 radical (unpaired) electrons. The summed E-state index contributed by atoms with van der Waals surface area (Å²) in [5.74, 6) is 1.13. The van der Waals surface area contributed by atoms with Crippen molar-refractivity contribution in [2.24, 2.45) is 0 Å². The summed E-state index contributed by atoms with van der Waals surface area (Å²) in [7, 11) is -3.92. The van der Waals surface area contributed by atoms with Crippen LogP contribution in [-0.2, 0) is 16.2 Å². The van der Waals surface area contributed by atoms with Gasteiger partial charge in [0.1, 0.15) is 5.52 Å². The van der Waals surface area contributed by atoms with Crippen molar-refractivity contribution in [3.63, 3.8) is 0 Å². The molecule has 3 aromatic rings. The third-order valence-electron chi connectivity index (χ3n) is 5.94. The van der Waals surface area contributed by atoms with Crippen LogP contribution in [0.3, 0.4) is 0 Å². The zero-order chi connectivity index (χ0) is 23.4. The Bertz CT molecular complexity index is 1300. The molecule has 0 spiro atoms. The number of anilines is 2. The van der Waals surface area contributed by atoms with Crippen molar-refractivity contribution >= 4 is 32.7 Å². The van der Waals surface area contributed by atoms with Crippen molar-refractivity contribution in [2.45, 2.75) is 29.8 Å². The van der Waals surface area contributed by atoms with Gasteiger partial charge in [-0.15, -0.1) is 0 Å². The van der Waals surface area contributed by atoms with Crippen LogP contribution < -0.4 is 10.6 Å². The molecule has 2 aliphatic rings. The molecule has 8 nitrogen and oxygen atoms in total. The maximum atomic E-state index is 12.9. The first-order valence-corrected chi connectivity index (χ1v) is 11.9. The molecule has 2 fully saturated rings. The first-order chi connectivity index (χ1) is 15.6. The van der Waals surface area contributed by atoms with Crippen LogP contribution in [0.4, 0.5) is 24.8 Å². The molecule has 12 heteroatoms. The normalized spacial score (nSPS) is 18.1. The SMILES string of the molecule is Nc1nc2ccnc(C3CC3)c2nc1N1CCN(S(=O)(=O)c2ccc(C(F)(F)F)cc2)CC1. The van der Waals surface area contributed by atoms with Crippen molar-refractivity contribution in [3.05, 3.63) is 47.8 Å². The molecule has 5 rings (SSSR count). The van der Waals surface area contributed by atoms with Gasteiger partial charge in [-0.25, -0.2) is 18.4 Å². The monoisotopic (exact) mass is 478 g/mol. The molecule has 1 saturated heterocycles. The lowest BCUT2D eigenvalue weighted by Crippen LogP contribution is -2.49. The van der Waals surface area contributed by atoms with Gasteiger partial charge in [0.2, 0.25) is 10.0 Å². The molecule has 33 heavy (non-hydrogen) atoms. The molecular weight excluding hydrogens is 457 g/mol. The highest BCUT2D eigenvalue weighted by Crippen LogP contribution is 2.41. The van der Waals surface area contributed by atoms with Gasteiger partial charge < -0.3 is 10.6 Å². The summed E-state index contributed by atoms with van der Waals surface area (Å²) in [6.45, 7) is 0.933. The number of hydrogen-bond acceptors (Lipinski definition) is 7. The molecule has 3 heterocycles. The average Bonchev–Trinajstić information content (AvgIpc) is 3.63. The van der Waals surface area contributed by atoms with E-state index in [1.807, 2.05) is 4.90 Å². The van der Waals surface area contributed by atoms with Gasteiger partial charge in [0, 0.05) is 38.3 Å². The van der Waals surface area contributed by atoms with Gasteiger partial charge in [0.15, 0.2) is 11.6 Å². The Morgan fingerprint density at radius 2 is 1.64 bits per heavy atom. The van der Waals surface area contributed by atoms with Crippen LogP contribution in [0.15, 0.2) is 41.4 Å². The number of benzene rings is 1. The number of rotatable bonds is 4. The Morgan fingerprint density at radius 1 is 0.970 bits per heavy atom. The highest BCUT2D eigenvalue weighted by atomic mass is 32.2. The first-order valence-electron chi connectivity index (χ1n) is 10.5. The molecule has 1 aromatic carbocycles. The molecule has 1 aliphatic carbocycles. The number of fused-ring (bicyclic) bond motifs is 1. The van der Waals surface area contributed by atoms with Crippen molar-refractivity contribution in [2.75, 3.05) is 36.8 Å². The summed E-state index contributed by atoms with van der Waals surface area (Å²) >= 11 is 0. The van der Waals surface area contributed by atoms with Gasteiger partial charge in [0.25, 0.3) is 0 Å². The zero-order valence-electron chi connectivity index (χ0n) is 17.5. The smallest absolute Gasteiger partial charge is 0.381 e. The molecule has 2 N–H and O–H groups in total. The maximum Gasteiger partial charge on any atom is 0.416 e. The minimum Gasteiger partial charge on any atom is -0.381 e. The number of sulfonamides is 1. The number of piperazine rings is 1. The number of aromatic nitrogens is 3. The third kappa shape index (κ3) is 4.08. The number of alkyl halides is 3. The Labute approximate surface area is 188 Å². The van der Waals surface area contributed by atoms with Gasteiger partial charge >= 0.3 is 6.18 Å². The zero-order valence-corrected chi connectivity index (χ0v) is 18.3. The second kappa shape index (κ2) is 7.80. The van der Waals surface area contributed by atoms with Crippen LogP contribution in [0.1, 0.15) is 30.0 Å². The Morgan fingerprint density at radius 3 is 2.24 bits per heavy atom. The Hall–Kier alpha value is -2.99. The fourth-order valence-electron chi connectivity index (χ4n) is 4.00. The van der Waals surface area contributed by atoms with E-state index in [2.05, 4.69) is 9.97 Å². The number of halogens is 3. The van der Waals surface area contributed by atoms with Crippen LogP contribution in [0.5, 0.6) is 0 Å². The van der Waals surface area contributed by atoms with Crippen LogP contribution in [0.25, 0.3) is 11.0 Å². The number of nitrogens with two attached hydrogens (primary N) is 1. The highest BCUT2D eigenvalue weighted by Gasteiger charge is 2.33. The van der Waals surface area contributed by atoms with Gasteiger partial charge in [-0.3, -0.25) is 4.98 Å². The van der Waals surface area contributed by atoms with E-state index < -0.39 is 21.8 Å². The van der Waals surface area contributed by atoms with E-state index in [1.165, 1.54) is 4.31 Å². The molecule has 0 amide bonds. The molecule has 0 bridgehead atoms.